The summed E-state index contributed by atoms with van der Waals surface area (Å²) in [6.45, 7) is -0.889. The molecule has 0 fully saturated rings. The van der Waals surface area contributed by atoms with Crippen LogP contribution in [0.3, 0.4) is 0 Å². The Bertz CT molecular complexity index is 492. The smallest absolute Gasteiger partial charge is 0.390 e. The van der Waals surface area contributed by atoms with Crippen LogP contribution in [0.1, 0.15) is 12.0 Å². The van der Waals surface area contributed by atoms with E-state index in [2.05, 4.69) is 5.32 Å². The number of rotatable bonds is 6. The average Bonchev–Trinajstić information content (AvgIpc) is 2.35. The SMILES string of the molecule is NC(=S)c1ccccc1OCC(=O)NCCC(F)(F)F. The summed E-state index contributed by atoms with van der Waals surface area (Å²) in [5, 5.41) is 2.11. The fourth-order valence-electron chi connectivity index (χ4n) is 1.33. The van der Waals surface area contributed by atoms with Crippen molar-refractivity contribution < 1.29 is 22.7 Å². The highest BCUT2D eigenvalue weighted by Gasteiger charge is 2.26. The molecular formula is C12H13F3N2O2S. The van der Waals surface area contributed by atoms with Gasteiger partial charge in [0.05, 0.1) is 12.0 Å². The van der Waals surface area contributed by atoms with Gasteiger partial charge in [0.25, 0.3) is 5.91 Å². The molecule has 4 nitrogen and oxygen atoms in total. The van der Waals surface area contributed by atoms with Gasteiger partial charge in [-0.25, -0.2) is 0 Å². The first-order valence-electron chi connectivity index (χ1n) is 5.64. The Balaban J connectivity index is 2.44. The van der Waals surface area contributed by atoms with Crippen molar-refractivity contribution in [3.05, 3.63) is 29.8 Å². The van der Waals surface area contributed by atoms with Crippen LogP contribution in [0.2, 0.25) is 0 Å². The minimum absolute atomic E-state index is 0.109. The van der Waals surface area contributed by atoms with E-state index in [0.29, 0.717) is 11.3 Å². The molecule has 0 aliphatic carbocycles. The molecule has 0 saturated heterocycles. The summed E-state index contributed by atoms with van der Waals surface area (Å²) in [6.07, 6.45) is -5.38. The Morgan fingerprint density at radius 2 is 2.00 bits per heavy atom. The first-order valence-corrected chi connectivity index (χ1v) is 6.05. The highest BCUT2D eigenvalue weighted by Crippen LogP contribution is 2.18. The van der Waals surface area contributed by atoms with Gasteiger partial charge in [-0.3, -0.25) is 4.79 Å². The summed E-state index contributed by atoms with van der Waals surface area (Å²) in [5.74, 6) is -0.335. The van der Waals surface area contributed by atoms with Crippen molar-refractivity contribution in [3.8, 4) is 5.75 Å². The number of para-hydroxylation sites is 1. The van der Waals surface area contributed by atoms with Gasteiger partial charge in [0.2, 0.25) is 0 Å². The lowest BCUT2D eigenvalue weighted by molar-refractivity contribution is -0.136. The molecule has 0 heterocycles. The molecule has 8 heteroatoms. The van der Waals surface area contributed by atoms with E-state index in [1.165, 1.54) is 0 Å². The second-order valence-corrected chi connectivity index (χ2v) is 4.30. The third-order valence-electron chi connectivity index (χ3n) is 2.24. The van der Waals surface area contributed by atoms with Gasteiger partial charge in [-0.15, -0.1) is 0 Å². The largest absolute Gasteiger partial charge is 0.483 e. The molecule has 0 aliphatic rings. The maximum absolute atomic E-state index is 11.9. The van der Waals surface area contributed by atoms with E-state index < -0.39 is 31.7 Å². The Morgan fingerprint density at radius 3 is 2.60 bits per heavy atom. The number of hydrogen-bond donors (Lipinski definition) is 2. The van der Waals surface area contributed by atoms with Crippen molar-refractivity contribution in [2.45, 2.75) is 12.6 Å². The van der Waals surface area contributed by atoms with Gasteiger partial charge in [-0.05, 0) is 12.1 Å². The molecule has 0 spiro atoms. The van der Waals surface area contributed by atoms with Gasteiger partial charge >= 0.3 is 6.18 Å². The fourth-order valence-corrected chi connectivity index (χ4v) is 1.50. The lowest BCUT2D eigenvalue weighted by atomic mass is 10.2. The number of carbonyl (C=O) groups is 1. The average molecular weight is 306 g/mol. The van der Waals surface area contributed by atoms with Gasteiger partial charge in [0.1, 0.15) is 10.7 Å². The summed E-state index contributed by atoms with van der Waals surface area (Å²) < 4.78 is 40.8. The number of benzene rings is 1. The maximum Gasteiger partial charge on any atom is 0.390 e. The van der Waals surface area contributed by atoms with Crippen LogP contribution in [0.4, 0.5) is 13.2 Å². The molecule has 3 N–H and O–H groups in total. The molecule has 1 aromatic carbocycles. The van der Waals surface area contributed by atoms with Crippen molar-refractivity contribution in [3.63, 3.8) is 0 Å². The molecule has 0 atom stereocenters. The topological polar surface area (TPSA) is 64.3 Å². The van der Waals surface area contributed by atoms with Crippen LogP contribution in [-0.2, 0) is 4.79 Å². The molecule has 20 heavy (non-hydrogen) atoms. The fraction of sp³-hybridized carbons (Fsp3) is 0.333. The molecule has 0 radical (unpaired) electrons. The number of carbonyl (C=O) groups excluding carboxylic acids is 1. The van der Waals surface area contributed by atoms with Crippen molar-refractivity contribution in [2.75, 3.05) is 13.2 Å². The van der Waals surface area contributed by atoms with Crippen LogP contribution in [0, 0.1) is 0 Å². The third-order valence-corrected chi connectivity index (χ3v) is 2.46. The molecule has 0 bridgehead atoms. The van der Waals surface area contributed by atoms with E-state index in [1.807, 2.05) is 0 Å². The van der Waals surface area contributed by atoms with Crippen molar-refractivity contribution in [1.82, 2.24) is 5.32 Å². The zero-order chi connectivity index (χ0) is 15.2. The minimum atomic E-state index is -4.30. The highest BCUT2D eigenvalue weighted by atomic mass is 32.1. The van der Waals surface area contributed by atoms with E-state index in [9.17, 15) is 18.0 Å². The minimum Gasteiger partial charge on any atom is -0.483 e. The molecule has 0 unspecified atom stereocenters. The van der Waals surface area contributed by atoms with Gasteiger partial charge < -0.3 is 15.8 Å². The quantitative estimate of drug-likeness (QED) is 0.786. The number of ether oxygens (including phenoxy) is 1. The normalized spacial score (nSPS) is 10.9. The lowest BCUT2D eigenvalue weighted by Crippen LogP contribution is -2.32. The lowest BCUT2D eigenvalue weighted by Gasteiger charge is -2.11. The first-order chi connectivity index (χ1) is 9.29. The van der Waals surface area contributed by atoms with Gasteiger partial charge in [-0.1, -0.05) is 24.4 Å². The number of halogens is 3. The monoisotopic (exact) mass is 306 g/mol. The summed E-state index contributed by atoms with van der Waals surface area (Å²) in [7, 11) is 0. The second kappa shape index (κ2) is 7.09. The van der Waals surface area contributed by atoms with Crippen LogP contribution in [0.25, 0.3) is 0 Å². The van der Waals surface area contributed by atoms with E-state index in [4.69, 9.17) is 22.7 Å². The van der Waals surface area contributed by atoms with E-state index >= 15 is 0 Å². The molecule has 0 saturated carbocycles. The molecule has 110 valence electrons. The predicted molar refractivity (Wildman–Crippen MR) is 71.5 cm³/mol. The summed E-state index contributed by atoms with van der Waals surface area (Å²) >= 11 is 4.81. The summed E-state index contributed by atoms with van der Waals surface area (Å²) in [5.41, 5.74) is 5.94. The standard InChI is InChI=1S/C12H13F3N2O2S/c13-12(14,15)5-6-17-10(18)7-19-9-4-2-1-3-8(9)11(16)20/h1-4H,5-7H2,(H2,16,20)(H,17,18). The Morgan fingerprint density at radius 1 is 1.35 bits per heavy atom. The first kappa shape index (κ1) is 16.2. The van der Waals surface area contributed by atoms with Crippen LogP contribution in [0.15, 0.2) is 24.3 Å². The van der Waals surface area contributed by atoms with E-state index in [-0.39, 0.29) is 4.99 Å². The highest BCUT2D eigenvalue weighted by molar-refractivity contribution is 7.80. The molecule has 1 rings (SSSR count). The number of nitrogens with two attached hydrogens (primary N) is 1. The second-order valence-electron chi connectivity index (χ2n) is 3.86. The van der Waals surface area contributed by atoms with Gasteiger partial charge in [0, 0.05) is 6.54 Å². The number of hydrogen-bond acceptors (Lipinski definition) is 3. The molecule has 0 aliphatic heterocycles. The number of alkyl halides is 3. The van der Waals surface area contributed by atoms with Crippen LogP contribution in [0.5, 0.6) is 5.75 Å². The molecule has 1 aromatic rings. The Hall–Kier alpha value is -1.83. The van der Waals surface area contributed by atoms with Gasteiger partial charge in [0.15, 0.2) is 6.61 Å². The number of thiocarbonyl (C=S) groups is 1. The zero-order valence-corrected chi connectivity index (χ0v) is 11.2. The maximum atomic E-state index is 11.9. The summed E-state index contributed by atoms with van der Waals surface area (Å²) in [4.78, 5) is 11.4. The Labute approximate surface area is 119 Å². The van der Waals surface area contributed by atoms with E-state index in [0.717, 1.165) is 0 Å². The van der Waals surface area contributed by atoms with Crippen molar-refractivity contribution >= 4 is 23.1 Å². The van der Waals surface area contributed by atoms with Crippen molar-refractivity contribution in [2.24, 2.45) is 5.73 Å². The van der Waals surface area contributed by atoms with Gasteiger partial charge in [-0.2, -0.15) is 13.2 Å². The number of nitrogens with one attached hydrogen (secondary N) is 1. The molecular weight excluding hydrogens is 293 g/mol. The van der Waals surface area contributed by atoms with Crippen LogP contribution in [-0.4, -0.2) is 30.2 Å². The molecule has 1 amide bonds. The van der Waals surface area contributed by atoms with E-state index in [1.54, 1.807) is 24.3 Å². The summed E-state index contributed by atoms with van der Waals surface area (Å²) in [6, 6.07) is 6.56. The Kier molecular flexibility index (Phi) is 5.75. The predicted octanol–water partition coefficient (Wildman–Crippen LogP) is 1.77. The third kappa shape index (κ3) is 5.87. The number of amides is 1. The zero-order valence-electron chi connectivity index (χ0n) is 10.4. The van der Waals surface area contributed by atoms with Crippen LogP contribution < -0.4 is 15.8 Å². The van der Waals surface area contributed by atoms with Crippen LogP contribution >= 0.6 is 12.2 Å². The van der Waals surface area contributed by atoms with Crippen molar-refractivity contribution in [1.29, 1.82) is 0 Å². The molecule has 0 aromatic heterocycles.